The minimum absolute atomic E-state index is 0.0544. The van der Waals surface area contributed by atoms with Crippen molar-refractivity contribution in [3.8, 4) is 0 Å². The maximum Gasteiger partial charge on any atom is 0.121 e. The summed E-state index contributed by atoms with van der Waals surface area (Å²) in [6, 6.07) is 23.8. The minimum atomic E-state index is -0.0544. The molecule has 2 unspecified atom stereocenters. The van der Waals surface area contributed by atoms with Gasteiger partial charge in [0.15, 0.2) is 0 Å². The van der Waals surface area contributed by atoms with Crippen molar-refractivity contribution in [2.45, 2.75) is 18.5 Å². The fraction of sp³-hybridized carbons (Fsp3) is 0.143. The van der Waals surface area contributed by atoms with Crippen LogP contribution in [0.4, 0.5) is 0 Å². The Bertz CT molecular complexity index is 952. The van der Waals surface area contributed by atoms with Gasteiger partial charge < -0.3 is 0 Å². The van der Waals surface area contributed by atoms with Crippen LogP contribution >= 0.6 is 34.8 Å². The zero-order valence-corrected chi connectivity index (χ0v) is 16.5. The van der Waals surface area contributed by atoms with E-state index in [1.54, 1.807) is 0 Å². The molecule has 2 aliphatic rings. The van der Waals surface area contributed by atoms with E-state index in [-0.39, 0.29) is 18.5 Å². The quantitative estimate of drug-likeness (QED) is 0.514. The average molecular weight is 417 g/mol. The molecule has 0 amide bonds. The zero-order valence-electron chi connectivity index (χ0n) is 14.2. The van der Waals surface area contributed by atoms with Crippen LogP contribution in [0.2, 0.25) is 15.1 Å². The molecule has 0 radical (unpaired) electrons. The number of rotatable bonds is 3. The lowest BCUT2D eigenvalue weighted by molar-refractivity contribution is 0.314. The SMILES string of the molecule is Clc1ccccc1C1N2[C@H](c3ccccc3Cl)N[C@@H](c3ccccc3Cl)N12. The van der Waals surface area contributed by atoms with Gasteiger partial charge in [0.2, 0.25) is 0 Å². The molecular weight excluding hydrogens is 401 g/mol. The van der Waals surface area contributed by atoms with Crippen LogP contribution in [0.1, 0.15) is 35.2 Å². The molecule has 6 heteroatoms. The lowest BCUT2D eigenvalue weighted by Gasteiger charge is -2.22. The van der Waals surface area contributed by atoms with E-state index >= 15 is 0 Å². The highest BCUT2D eigenvalue weighted by Gasteiger charge is 2.61. The summed E-state index contributed by atoms with van der Waals surface area (Å²) in [5, 5.41) is 10.4. The average Bonchev–Trinajstić information content (AvgIpc) is 3.28. The van der Waals surface area contributed by atoms with Crippen molar-refractivity contribution in [3.63, 3.8) is 0 Å². The topological polar surface area (TPSA) is 18.0 Å². The molecule has 0 aliphatic carbocycles. The number of hydrogen-bond acceptors (Lipinski definition) is 3. The van der Waals surface area contributed by atoms with Crippen LogP contribution in [0.3, 0.4) is 0 Å². The van der Waals surface area contributed by atoms with E-state index in [4.69, 9.17) is 34.8 Å². The number of benzene rings is 3. The van der Waals surface area contributed by atoms with Gasteiger partial charge in [0, 0.05) is 31.8 Å². The molecule has 2 aliphatic heterocycles. The van der Waals surface area contributed by atoms with Crippen molar-refractivity contribution in [2.24, 2.45) is 0 Å². The number of hydrogen-bond donors (Lipinski definition) is 1. The number of hydrazine groups is 1. The third kappa shape index (κ3) is 2.87. The van der Waals surface area contributed by atoms with E-state index in [1.807, 2.05) is 54.6 Å². The molecule has 4 atom stereocenters. The Balaban J connectivity index is 1.59. The molecule has 0 saturated carbocycles. The second-order valence-electron chi connectivity index (χ2n) is 6.67. The van der Waals surface area contributed by atoms with Crippen LogP contribution < -0.4 is 5.32 Å². The standard InChI is InChI=1S/C21H16Cl3N3/c22-16-10-4-1-7-13(16)19-25-20(14-8-2-5-11-17(14)23)27-21(26(19)27)15-9-3-6-12-18(15)24/h1-12,19-21,25H/t19-,20-,21?,26?,27?/m1/s1. The van der Waals surface area contributed by atoms with Gasteiger partial charge in [0.25, 0.3) is 0 Å². The number of halogens is 3. The van der Waals surface area contributed by atoms with Crippen LogP contribution in [-0.2, 0) is 0 Å². The summed E-state index contributed by atoms with van der Waals surface area (Å²) in [5.74, 6) is 0. The minimum Gasteiger partial charge on any atom is -0.276 e. The van der Waals surface area contributed by atoms with E-state index in [0.29, 0.717) is 0 Å². The molecule has 0 bridgehead atoms. The molecule has 2 fully saturated rings. The Morgan fingerprint density at radius 3 is 1.33 bits per heavy atom. The van der Waals surface area contributed by atoms with Gasteiger partial charge in [-0.25, -0.2) is 0 Å². The predicted molar refractivity (Wildman–Crippen MR) is 109 cm³/mol. The molecule has 2 heterocycles. The number of fused-ring (bicyclic) bond motifs is 1. The number of nitrogens with zero attached hydrogens (tertiary/aromatic N) is 2. The van der Waals surface area contributed by atoms with E-state index in [0.717, 1.165) is 31.8 Å². The first-order valence-electron chi connectivity index (χ1n) is 8.73. The van der Waals surface area contributed by atoms with Crippen molar-refractivity contribution < 1.29 is 0 Å². The van der Waals surface area contributed by atoms with Crippen molar-refractivity contribution in [3.05, 3.63) is 105 Å². The Morgan fingerprint density at radius 2 is 0.926 bits per heavy atom. The molecule has 3 nitrogen and oxygen atoms in total. The van der Waals surface area contributed by atoms with Crippen LogP contribution in [-0.4, -0.2) is 10.0 Å². The molecular formula is C21H16Cl3N3. The smallest absolute Gasteiger partial charge is 0.121 e. The van der Waals surface area contributed by atoms with Crippen molar-refractivity contribution in [2.75, 3.05) is 0 Å². The summed E-state index contributed by atoms with van der Waals surface area (Å²) in [4.78, 5) is 0. The van der Waals surface area contributed by atoms with Crippen LogP contribution in [0.25, 0.3) is 0 Å². The van der Waals surface area contributed by atoms with E-state index < -0.39 is 0 Å². The predicted octanol–water partition coefficient (Wildman–Crippen LogP) is 6.18. The lowest BCUT2D eigenvalue weighted by atomic mass is 10.1. The van der Waals surface area contributed by atoms with Gasteiger partial charge in [-0.05, 0) is 18.2 Å². The highest BCUT2D eigenvalue weighted by molar-refractivity contribution is 6.32. The van der Waals surface area contributed by atoms with Crippen LogP contribution in [0, 0.1) is 0 Å². The van der Waals surface area contributed by atoms with Gasteiger partial charge in [-0.15, -0.1) is 0 Å². The van der Waals surface area contributed by atoms with Gasteiger partial charge in [-0.1, -0.05) is 89.4 Å². The normalized spacial score (nSPS) is 28.8. The monoisotopic (exact) mass is 415 g/mol. The molecule has 2 saturated heterocycles. The Morgan fingerprint density at radius 1 is 0.556 bits per heavy atom. The van der Waals surface area contributed by atoms with Crippen molar-refractivity contribution in [1.29, 1.82) is 0 Å². The highest BCUT2D eigenvalue weighted by atomic mass is 35.5. The summed E-state index contributed by atoms with van der Waals surface area (Å²) < 4.78 is 0. The third-order valence-corrected chi connectivity index (χ3v) is 6.17. The van der Waals surface area contributed by atoms with Crippen molar-refractivity contribution >= 4 is 34.8 Å². The van der Waals surface area contributed by atoms with Gasteiger partial charge in [0.1, 0.15) is 18.5 Å². The molecule has 3 aromatic rings. The first kappa shape index (κ1) is 17.5. The molecule has 1 N–H and O–H groups in total. The summed E-state index contributed by atoms with van der Waals surface area (Å²) in [7, 11) is 0. The fourth-order valence-electron chi connectivity index (χ4n) is 3.88. The fourth-order valence-corrected chi connectivity index (χ4v) is 4.59. The highest BCUT2D eigenvalue weighted by Crippen LogP contribution is 2.58. The van der Waals surface area contributed by atoms with Crippen molar-refractivity contribution in [1.82, 2.24) is 15.3 Å². The van der Waals surface area contributed by atoms with Gasteiger partial charge in [-0.3, -0.25) is 5.32 Å². The van der Waals surface area contributed by atoms with E-state index in [2.05, 4.69) is 33.5 Å². The third-order valence-electron chi connectivity index (χ3n) is 5.14. The first-order chi connectivity index (χ1) is 13.2. The lowest BCUT2D eigenvalue weighted by Crippen LogP contribution is -2.27. The maximum absolute atomic E-state index is 6.50. The number of nitrogens with one attached hydrogen (secondary N) is 1. The summed E-state index contributed by atoms with van der Waals surface area (Å²) in [6.45, 7) is 0. The second-order valence-corrected chi connectivity index (χ2v) is 7.89. The Hall–Kier alpha value is -1.59. The zero-order chi connectivity index (χ0) is 18.5. The van der Waals surface area contributed by atoms with E-state index in [1.165, 1.54) is 0 Å². The molecule has 5 rings (SSSR count). The second kappa shape index (κ2) is 6.78. The first-order valence-corrected chi connectivity index (χ1v) is 9.86. The van der Waals surface area contributed by atoms with Gasteiger partial charge in [0.05, 0.1) is 0 Å². The largest absolute Gasteiger partial charge is 0.276 e. The van der Waals surface area contributed by atoms with E-state index in [9.17, 15) is 0 Å². The van der Waals surface area contributed by atoms with Crippen LogP contribution in [0.15, 0.2) is 72.8 Å². The van der Waals surface area contributed by atoms with Gasteiger partial charge in [-0.2, -0.15) is 10.0 Å². The molecule has 0 aromatic heterocycles. The maximum atomic E-state index is 6.50. The summed E-state index contributed by atoms with van der Waals surface area (Å²) >= 11 is 19.5. The molecule has 0 spiro atoms. The van der Waals surface area contributed by atoms with Gasteiger partial charge >= 0.3 is 0 Å². The molecule has 27 heavy (non-hydrogen) atoms. The molecule has 136 valence electrons. The van der Waals surface area contributed by atoms with Crippen LogP contribution in [0.5, 0.6) is 0 Å². The Labute approximate surface area is 173 Å². The molecule has 3 aromatic carbocycles. The Kier molecular flexibility index (Phi) is 4.40. The summed E-state index contributed by atoms with van der Waals surface area (Å²) in [5.41, 5.74) is 3.15. The summed E-state index contributed by atoms with van der Waals surface area (Å²) in [6.07, 6.45) is -0.0370.